The van der Waals surface area contributed by atoms with Gasteiger partial charge in [-0.05, 0) is 17.6 Å². The van der Waals surface area contributed by atoms with Crippen LogP contribution < -0.4 is 14.9 Å². The van der Waals surface area contributed by atoms with Crippen molar-refractivity contribution in [1.82, 2.24) is 0 Å². The van der Waals surface area contributed by atoms with Gasteiger partial charge in [-0.25, -0.2) is 0 Å². The van der Waals surface area contributed by atoms with Crippen LogP contribution in [0, 0.1) is 5.82 Å². The third-order valence-corrected chi connectivity index (χ3v) is 1.77. The fraction of sp³-hybridized carbons (Fsp3) is 0.250. The number of rotatable bonds is 3. The average molecular weight is 200 g/mol. The highest BCUT2D eigenvalue weighted by molar-refractivity contribution is 6.58. The van der Waals surface area contributed by atoms with E-state index in [-0.39, 0.29) is 17.0 Å². The standard InChI is InChI=1S/C8H10BFO4/c1-13-6-3-5(9(11)12)4-7(14-2)8(6)10/h3-4,11-12H,1-2H3. The fourth-order valence-corrected chi connectivity index (χ4v) is 1.04. The number of ether oxygens (including phenoxy) is 2. The minimum Gasteiger partial charge on any atom is -0.494 e. The van der Waals surface area contributed by atoms with Crippen molar-refractivity contribution in [3.63, 3.8) is 0 Å². The topological polar surface area (TPSA) is 58.9 Å². The molecular weight excluding hydrogens is 190 g/mol. The smallest absolute Gasteiger partial charge is 0.488 e. The molecule has 0 aliphatic rings. The van der Waals surface area contributed by atoms with Crippen molar-refractivity contribution in [2.24, 2.45) is 0 Å². The fourth-order valence-electron chi connectivity index (χ4n) is 1.04. The first-order chi connectivity index (χ1) is 6.60. The molecule has 0 unspecified atom stereocenters. The molecule has 6 heteroatoms. The first-order valence-corrected chi connectivity index (χ1v) is 3.87. The van der Waals surface area contributed by atoms with Crippen LogP contribution in [0.1, 0.15) is 0 Å². The molecule has 0 heterocycles. The van der Waals surface area contributed by atoms with Crippen molar-refractivity contribution in [3.05, 3.63) is 17.9 Å². The molecule has 1 aromatic carbocycles. The second kappa shape index (κ2) is 4.30. The quantitative estimate of drug-likeness (QED) is 0.647. The average Bonchev–Trinajstić information content (AvgIpc) is 2.17. The summed E-state index contributed by atoms with van der Waals surface area (Å²) in [4.78, 5) is 0. The van der Waals surface area contributed by atoms with Crippen molar-refractivity contribution in [2.75, 3.05) is 14.2 Å². The summed E-state index contributed by atoms with van der Waals surface area (Å²) < 4.78 is 22.7. The number of hydrogen-bond acceptors (Lipinski definition) is 4. The van der Waals surface area contributed by atoms with Crippen molar-refractivity contribution in [1.29, 1.82) is 0 Å². The molecule has 4 nitrogen and oxygen atoms in total. The van der Waals surface area contributed by atoms with Gasteiger partial charge in [0.2, 0.25) is 5.82 Å². The van der Waals surface area contributed by atoms with Gasteiger partial charge in [-0.2, -0.15) is 4.39 Å². The first kappa shape index (κ1) is 10.8. The van der Waals surface area contributed by atoms with Crippen LogP contribution in [-0.2, 0) is 0 Å². The molecule has 76 valence electrons. The Morgan fingerprint density at radius 3 is 1.86 bits per heavy atom. The van der Waals surface area contributed by atoms with Gasteiger partial charge in [-0.15, -0.1) is 0 Å². The monoisotopic (exact) mass is 200 g/mol. The zero-order valence-electron chi connectivity index (χ0n) is 7.82. The summed E-state index contributed by atoms with van der Waals surface area (Å²) in [6.45, 7) is 0. The van der Waals surface area contributed by atoms with Crippen LogP contribution in [0.5, 0.6) is 11.5 Å². The van der Waals surface area contributed by atoms with Crippen LogP contribution in [-0.4, -0.2) is 31.4 Å². The van der Waals surface area contributed by atoms with Gasteiger partial charge < -0.3 is 19.5 Å². The molecule has 0 fully saturated rings. The molecule has 0 spiro atoms. The Morgan fingerprint density at radius 1 is 1.14 bits per heavy atom. The van der Waals surface area contributed by atoms with Gasteiger partial charge in [-0.1, -0.05) is 0 Å². The van der Waals surface area contributed by atoms with Gasteiger partial charge in [0.05, 0.1) is 14.2 Å². The van der Waals surface area contributed by atoms with E-state index in [1.807, 2.05) is 0 Å². The van der Waals surface area contributed by atoms with Crippen LogP contribution in [0.3, 0.4) is 0 Å². The number of benzene rings is 1. The molecule has 1 aromatic rings. The molecule has 1 rings (SSSR count). The Balaban J connectivity index is 3.25. The highest BCUT2D eigenvalue weighted by Crippen LogP contribution is 2.24. The van der Waals surface area contributed by atoms with E-state index in [0.717, 1.165) is 0 Å². The summed E-state index contributed by atoms with van der Waals surface area (Å²) in [5.74, 6) is -0.848. The van der Waals surface area contributed by atoms with Crippen LogP contribution in [0.4, 0.5) is 4.39 Å². The Kier molecular flexibility index (Phi) is 3.32. The van der Waals surface area contributed by atoms with E-state index in [1.165, 1.54) is 26.4 Å². The van der Waals surface area contributed by atoms with Gasteiger partial charge >= 0.3 is 7.12 Å². The summed E-state index contributed by atoms with van der Waals surface area (Å²) in [6.07, 6.45) is 0. The maximum absolute atomic E-state index is 13.3. The molecule has 0 saturated carbocycles. The molecule has 14 heavy (non-hydrogen) atoms. The molecule has 0 aliphatic carbocycles. The lowest BCUT2D eigenvalue weighted by Crippen LogP contribution is -2.30. The van der Waals surface area contributed by atoms with Crippen LogP contribution in [0.2, 0.25) is 0 Å². The SMILES string of the molecule is COc1cc(B(O)O)cc(OC)c1F. The molecule has 0 radical (unpaired) electrons. The molecule has 0 atom stereocenters. The summed E-state index contributed by atoms with van der Waals surface area (Å²) in [7, 11) is 0.884. The Labute approximate surface area is 81.0 Å². The van der Waals surface area contributed by atoms with E-state index in [1.54, 1.807) is 0 Å². The number of hydrogen-bond donors (Lipinski definition) is 2. The molecule has 2 N–H and O–H groups in total. The maximum atomic E-state index is 13.3. The first-order valence-electron chi connectivity index (χ1n) is 3.87. The minimum atomic E-state index is -1.68. The molecule has 0 aromatic heterocycles. The Hall–Kier alpha value is -1.27. The predicted octanol–water partition coefficient (Wildman–Crippen LogP) is -0.477. The zero-order chi connectivity index (χ0) is 10.7. The second-order valence-corrected chi connectivity index (χ2v) is 2.61. The zero-order valence-corrected chi connectivity index (χ0v) is 7.82. The molecule has 0 bridgehead atoms. The van der Waals surface area contributed by atoms with Gasteiger partial charge in [0.15, 0.2) is 11.5 Å². The molecule has 0 amide bonds. The van der Waals surface area contributed by atoms with Crippen LogP contribution >= 0.6 is 0 Å². The van der Waals surface area contributed by atoms with Gasteiger partial charge in [0.1, 0.15) is 0 Å². The summed E-state index contributed by atoms with van der Waals surface area (Å²) in [5, 5.41) is 17.8. The van der Waals surface area contributed by atoms with Crippen LogP contribution in [0.25, 0.3) is 0 Å². The van der Waals surface area contributed by atoms with E-state index in [9.17, 15) is 4.39 Å². The van der Waals surface area contributed by atoms with Gasteiger partial charge in [0, 0.05) is 0 Å². The molecular formula is C8H10BFO4. The maximum Gasteiger partial charge on any atom is 0.488 e. The largest absolute Gasteiger partial charge is 0.494 e. The summed E-state index contributed by atoms with van der Waals surface area (Å²) in [5.41, 5.74) is 0.111. The van der Waals surface area contributed by atoms with E-state index < -0.39 is 12.9 Å². The molecule has 0 saturated heterocycles. The van der Waals surface area contributed by atoms with E-state index >= 15 is 0 Å². The summed E-state index contributed by atoms with van der Waals surface area (Å²) in [6, 6.07) is 2.39. The van der Waals surface area contributed by atoms with Gasteiger partial charge in [0.25, 0.3) is 0 Å². The van der Waals surface area contributed by atoms with Gasteiger partial charge in [-0.3, -0.25) is 0 Å². The third kappa shape index (κ3) is 1.97. The van der Waals surface area contributed by atoms with Crippen LogP contribution in [0.15, 0.2) is 12.1 Å². The predicted molar refractivity (Wildman–Crippen MR) is 49.3 cm³/mol. The number of halogens is 1. The Morgan fingerprint density at radius 2 is 1.57 bits per heavy atom. The normalized spacial score (nSPS) is 9.79. The highest BCUT2D eigenvalue weighted by atomic mass is 19.1. The van der Waals surface area contributed by atoms with Crippen molar-refractivity contribution in [3.8, 4) is 11.5 Å². The second-order valence-electron chi connectivity index (χ2n) is 2.61. The van der Waals surface area contributed by atoms with E-state index in [0.29, 0.717) is 0 Å². The molecule has 0 aliphatic heterocycles. The van der Waals surface area contributed by atoms with Crippen molar-refractivity contribution < 1.29 is 23.9 Å². The van der Waals surface area contributed by atoms with Crippen molar-refractivity contribution >= 4 is 12.6 Å². The lowest BCUT2D eigenvalue weighted by atomic mass is 9.80. The minimum absolute atomic E-state index is 0.0903. The van der Waals surface area contributed by atoms with E-state index in [4.69, 9.17) is 19.5 Å². The lowest BCUT2D eigenvalue weighted by molar-refractivity contribution is 0.350. The third-order valence-electron chi connectivity index (χ3n) is 1.77. The summed E-state index contributed by atoms with van der Waals surface area (Å²) >= 11 is 0. The lowest BCUT2D eigenvalue weighted by Gasteiger charge is -2.09. The van der Waals surface area contributed by atoms with E-state index in [2.05, 4.69) is 0 Å². The number of methoxy groups -OCH3 is 2. The van der Waals surface area contributed by atoms with Crippen molar-refractivity contribution in [2.45, 2.75) is 0 Å². The Bertz CT molecular complexity index is 304. The highest BCUT2D eigenvalue weighted by Gasteiger charge is 2.18.